The van der Waals surface area contributed by atoms with E-state index in [9.17, 15) is 0 Å². The topological polar surface area (TPSA) is 9.23 Å². The van der Waals surface area contributed by atoms with Crippen molar-refractivity contribution in [2.75, 3.05) is 11.9 Å². The van der Waals surface area contributed by atoms with E-state index in [1.54, 1.807) is 0 Å². The highest BCUT2D eigenvalue weighted by molar-refractivity contribution is 9.10. The van der Waals surface area contributed by atoms with Gasteiger partial charge in [-0.2, -0.15) is 0 Å². The Kier molecular flexibility index (Phi) is 5.32. The molecule has 1 unspecified atom stereocenters. The van der Waals surface area contributed by atoms with Crippen molar-refractivity contribution in [1.82, 2.24) is 0 Å². The molecular weight excluding hydrogens is 332 g/mol. The van der Waals surface area contributed by atoms with E-state index in [4.69, 9.17) is 4.74 Å². The highest BCUT2D eigenvalue weighted by Gasteiger charge is 2.24. The molecule has 0 fully saturated rings. The second-order valence-electron chi connectivity index (χ2n) is 4.98. The number of halogens is 2. The van der Waals surface area contributed by atoms with E-state index in [2.05, 4.69) is 52.6 Å². The molecule has 0 bridgehead atoms. The third-order valence-corrected chi connectivity index (χ3v) is 3.99. The molecule has 0 saturated carbocycles. The number of benzene rings is 1. The summed E-state index contributed by atoms with van der Waals surface area (Å²) >= 11 is 6.96. The van der Waals surface area contributed by atoms with E-state index < -0.39 is 0 Å². The average molecular weight is 350 g/mol. The molecule has 1 aromatic rings. The summed E-state index contributed by atoms with van der Waals surface area (Å²) in [5.41, 5.74) is 0.263. The molecule has 0 N–H and O–H groups in total. The van der Waals surface area contributed by atoms with Crippen LogP contribution in [0.15, 0.2) is 28.7 Å². The van der Waals surface area contributed by atoms with Crippen LogP contribution in [-0.2, 0) is 0 Å². The van der Waals surface area contributed by atoms with Gasteiger partial charge >= 0.3 is 0 Å². The first-order valence-electron chi connectivity index (χ1n) is 5.38. The summed E-state index contributed by atoms with van der Waals surface area (Å²) in [6, 6.07) is 7.96. The van der Waals surface area contributed by atoms with Crippen LogP contribution < -0.4 is 4.74 Å². The second-order valence-corrected chi connectivity index (χ2v) is 6.55. The Balaban J connectivity index is 2.53. The van der Waals surface area contributed by atoms with Crippen LogP contribution in [0.1, 0.15) is 20.8 Å². The fourth-order valence-corrected chi connectivity index (χ4v) is 2.68. The summed E-state index contributed by atoms with van der Waals surface area (Å²) in [6.07, 6.45) is 0. The molecule has 0 radical (unpaired) electrons. The molecule has 1 atom stereocenters. The number of ether oxygens (including phenoxy) is 1. The summed E-state index contributed by atoms with van der Waals surface area (Å²) in [4.78, 5) is 0. The van der Waals surface area contributed by atoms with Crippen molar-refractivity contribution in [1.29, 1.82) is 0 Å². The lowest BCUT2D eigenvalue weighted by Gasteiger charge is -2.28. The van der Waals surface area contributed by atoms with Gasteiger partial charge < -0.3 is 4.74 Å². The van der Waals surface area contributed by atoms with Crippen LogP contribution in [-0.4, -0.2) is 11.9 Å². The van der Waals surface area contributed by atoms with Crippen LogP contribution in [0.4, 0.5) is 0 Å². The zero-order chi connectivity index (χ0) is 12.2. The van der Waals surface area contributed by atoms with Gasteiger partial charge in [0.1, 0.15) is 5.75 Å². The maximum absolute atomic E-state index is 5.79. The predicted molar refractivity (Wildman–Crippen MR) is 76.4 cm³/mol. The Bertz CT molecular complexity index is 314. The van der Waals surface area contributed by atoms with Crippen molar-refractivity contribution >= 4 is 31.9 Å². The zero-order valence-corrected chi connectivity index (χ0v) is 13.1. The number of rotatable bonds is 4. The second kappa shape index (κ2) is 6.06. The van der Waals surface area contributed by atoms with Gasteiger partial charge in [-0.3, -0.25) is 0 Å². The van der Waals surface area contributed by atoms with Gasteiger partial charge in [0.15, 0.2) is 0 Å². The summed E-state index contributed by atoms with van der Waals surface area (Å²) in [7, 11) is 0. The molecule has 0 aliphatic rings. The molecular formula is C13H18Br2O. The first-order valence-corrected chi connectivity index (χ1v) is 7.29. The Labute approximate surface area is 115 Å². The highest BCUT2D eigenvalue weighted by atomic mass is 79.9. The van der Waals surface area contributed by atoms with Gasteiger partial charge in [0.2, 0.25) is 0 Å². The van der Waals surface area contributed by atoms with Crippen molar-refractivity contribution < 1.29 is 4.74 Å². The van der Waals surface area contributed by atoms with Gasteiger partial charge in [0, 0.05) is 15.7 Å². The van der Waals surface area contributed by atoms with Crippen molar-refractivity contribution in [2.45, 2.75) is 20.8 Å². The Hall–Kier alpha value is -0.0200. The molecule has 1 rings (SSSR count). The summed E-state index contributed by atoms with van der Waals surface area (Å²) in [6.45, 7) is 7.47. The van der Waals surface area contributed by atoms with Crippen LogP contribution in [0.25, 0.3) is 0 Å². The van der Waals surface area contributed by atoms with Crippen LogP contribution in [0.5, 0.6) is 5.75 Å². The highest BCUT2D eigenvalue weighted by Crippen LogP contribution is 2.28. The lowest BCUT2D eigenvalue weighted by Crippen LogP contribution is -2.27. The predicted octanol–water partition coefficient (Wildman–Crippen LogP) is 4.89. The standard InChI is InChI=1S/C13H18Br2O/c1-13(2,3)10(8-14)9-16-12-6-4-11(15)5-7-12/h4-7,10H,8-9H2,1-3H3. The van der Waals surface area contributed by atoms with E-state index in [1.807, 2.05) is 24.3 Å². The first kappa shape index (κ1) is 14.0. The minimum Gasteiger partial charge on any atom is -0.493 e. The van der Waals surface area contributed by atoms with Crippen molar-refractivity contribution in [3.8, 4) is 5.75 Å². The molecule has 0 aliphatic carbocycles. The Morgan fingerprint density at radius 2 is 1.75 bits per heavy atom. The van der Waals surface area contributed by atoms with Crippen molar-refractivity contribution in [3.63, 3.8) is 0 Å². The van der Waals surface area contributed by atoms with Crippen molar-refractivity contribution in [3.05, 3.63) is 28.7 Å². The molecule has 0 spiro atoms. The van der Waals surface area contributed by atoms with Crippen LogP contribution >= 0.6 is 31.9 Å². The Morgan fingerprint density at radius 3 is 2.19 bits per heavy atom. The fourth-order valence-electron chi connectivity index (χ4n) is 1.25. The van der Waals surface area contributed by atoms with Crippen LogP contribution in [0, 0.1) is 11.3 Å². The van der Waals surface area contributed by atoms with Gasteiger partial charge in [-0.15, -0.1) is 0 Å². The summed E-state index contributed by atoms with van der Waals surface area (Å²) < 4.78 is 6.87. The Morgan fingerprint density at radius 1 is 1.19 bits per heavy atom. The van der Waals surface area contributed by atoms with E-state index >= 15 is 0 Å². The van der Waals surface area contributed by atoms with Gasteiger partial charge in [0.05, 0.1) is 6.61 Å². The fraction of sp³-hybridized carbons (Fsp3) is 0.538. The lowest BCUT2D eigenvalue weighted by molar-refractivity contribution is 0.166. The minimum atomic E-state index is 0.263. The minimum absolute atomic E-state index is 0.263. The van der Waals surface area contributed by atoms with Gasteiger partial charge in [-0.05, 0) is 29.7 Å². The van der Waals surface area contributed by atoms with Gasteiger partial charge in [-0.1, -0.05) is 52.6 Å². The van der Waals surface area contributed by atoms with E-state index in [-0.39, 0.29) is 5.41 Å². The van der Waals surface area contributed by atoms with E-state index in [1.165, 1.54) is 0 Å². The molecule has 0 saturated heterocycles. The maximum atomic E-state index is 5.79. The van der Waals surface area contributed by atoms with E-state index in [0.29, 0.717) is 5.92 Å². The van der Waals surface area contributed by atoms with Crippen LogP contribution in [0.2, 0.25) is 0 Å². The number of hydrogen-bond acceptors (Lipinski definition) is 1. The molecule has 0 amide bonds. The van der Waals surface area contributed by atoms with Crippen LogP contribution in [0.3, 0.4) is 0 Å². The molecule has 0 aromatic heterocycles. The maximum Gasteiger partial charge on any atom is 0.119 e. The molecule has 1 nitrogen and oxygen atoms in total. The van der Waals surface area contributed by atoms with Crippen molar-refractivity contribution in [2.24, 2.45) is 11.3 Å². The monoisotopic (exact) mass is 348 g/mol. The quantitative estimate of drug-likeness (QED) is 0.703. The first-order chi connectivity index (χ1) is 7.43. The zero-order valence-electron chi connectivity index (χ0n) is 9.97. The summed E-state index contributed by atoms with van der Waals surface area (Å²) in [5, 5.41) is 0.965. The number of alkyl halides is 1. The average Bonchev–Trinajstić information content (AvgIpc) is 2.19. The SMILES string of the molecule is CC(C)(C)C(CBr)COc1ccc(Br)cc1. The smallest absolute Gasteiger partial charge is 0.119 e. The largest absolute Gasteiger partial charge is 0.493 e. The number of hydrogen-bond donors (Lipinski definition) is 0. The molecule has 0 aliphatic heterocycles. The van der Waals surface area contributed by atoms with E-state index in [0.717, 1.165) is 22.2 Å². The molecule has 90 valence electrons. The molecule has 1 aromatic carbocycles. The molecule has 16 heavy (non-hydrogen) atoms. The summed E-state index contributed by atoms with van der Waals surface area (Å²) in [5.74, 6) is 1.44. The third-order valence-electron chi connectivity index (χ3n) is 2.68. The normalized spacial score (nSPS) is 13.6. The van der Waals surface area contributed by atoms with Gasteiger partial charge in [0.25, 0.3) is 0 Å². The van der Waals surface area contributed by atoms with Gasteiger partial charge in [-0.25, -0.2) is 0 Å². The lowest BCUT2D eigenvalue weighted by atomic mass is 9.83. The third kappa shape index (κ3) is 4.46. The molecule has 3 heteroatoms. The molecule has 0 heterocycles.